The number of amides is 1. The van der Waals surface area contributed by atoms with E-state index in [1.54, 1.807) is 25.3 Å². The number of carboxylic acids is 1. The Morgan fingerprint density at radius 3 is 2.42 bits per heavy atom. The van der Waals surface area contributed by atoms with Gasteiger partial charge in [0.25, 0.3) is 5.91 Å². The van der Waals surface area contributed by atoms with Crippen molar-refractivity contribution in [1.82, 2.24) is 5.32 Å². The van der Waals surface area contributed by atoms with Crippen LogP contribution in [0.5, 0.6) is 17.2 Å². The normalized spacial score (nSPS) is 10.0. The van der Waals surface area contributed by atoms with E-state index < -0.39 is 12.6 Å². The average molecular weight is 359 g/mol. The molecule has 2 aromatic carbocycles. The van der Waals surface area contributed by atoms with E-state index in [2.05, 4.69) is 5.32 Å². The number of aliphatic carboxylic acids is 1. The summed E-state index contributed by atoms with van der Waals surface area (Å²) in [7, 11) is 1.60. The summed E-state index contributed by atoms with van der Waals surface area (Å²) in [4.78, 5) is 22.6. The Morgan fingerprint density at radius 2 is 1.73 bits per heavy atom. The maximum Gasteiger partial charge on any atom is 0.341 e. The SMILES string of the molecule is COc1ccc(OCCCNC(=O)c2cccc(OCC(=O)O)c2)cc1. The number of carbonyl (C=O) groups is 2. The third-order valence-electron chi connectivity index (χ3n) is 3.39. The lowest BCUT2D eigenvalue weighted by atomic mass is 10.2. The zero-order valence-electron chi connectivity index (χ0n) is 14.4. The smallest absolute Gasteiger partial charge is 0.341 e. The molecule has 0 aliphatic carbocycles. The van der Waals surface area contributed by atoms with Crippen molar-refractivity contribution in [2.75, 3.05) is 26.9 Å². The first kappa shape index (κ1) is 19.1. The fourth-order valence-electron chi connectivity index (χ4n) is 2.11. The van der Waals surface area contributed by atoms with E-state index in [0.717, 1.165) is 11.5 Å². The van der Waals surface area contributed by atoms with Crippen LogP contribution in [0.15, 0.2) is 48.5 Å². The van der Waals surface area contributed by atoms with Gasteiger partial charge in [-0.2, -0.15) is 0 Å². The van der Waals surface area contributed by atoms with Crippen molar-refractivity contribution in [3.63, 3.8) is 0 Å². The average Bonchev–Trinajstić information content (AvgIpc) is 2.66. The van der Waals surface area contributed by atoms with Crippen LogP contribution in [0.3, 0.4) is 0 Å². The van der Waals surface area contributed by atoms with E-state index in [-0.39, 0.29) is 5.91 Å². The lowest BCUT2D eigenvalue weighted by molar-refractivity contribution is -0.139. The second-order valence-corrected chi connectivity index (χ2v) is 5.34. The number of carboxylic acid groups (broad SMARTS) is 1. The van der Waals surface area contributed by atoms with Gasteiger partial charge in [-0.05, 0) is 48.9 Å². The van der Waals surface area contributed by atoms with Crippen LogP contribution in [-0.4, -0.2) is 43.9 Å². The summed E-state index contributed by atoms with van der Waals surface area (Å²) >= 11 is 0. The molecule has 2 rings (SSSR count). The predicted molar refractivity (Wildman–Crippen MR) is 95.0 cm³/mol. The first-order chi connectivity index (χ1) is 12.6. The zero-order valence-corrected chi connectivity index (χ0v) is 14.4. The summed E-state index contributed by atoms with van der Waals surface area (Å²) in [5, 5.41) is 11.4. The Kier molecular flexibility index (Phi) is 7.30. The van der Waals surface area contributed by atoms with Crippen LogP contribution in [0.1, 0.15) is 16.8 Å². The Labute approximate surface area is 151 Å². The second kappa shape index (κ2) is 9.93. The van der Waals surface area contributed by atoms with Gasteiger partial charge in [0.05, 0.1) is 13.7 Å². The van der Waals surface area contributed by atoms with Gasteiger partial charge in [-0.1, -0.05) is 6.07 Å². The van der Waals surface area contributed by atoms with Crippen molar-refractivity contribution in [3.8, 4) is 17.2 Å². The van der Waals surface area contributed by atoms with Crippen LogP contribution in [0.2, 0.25) is 0 Å². The maximum absolute atomic E-state index is 12.1. The molecule has 0 saturated carbocycles. The molecule has 2 aromatic rings. The van der Waals surface area contributed by atoms with Crippen molar-refractivity contribution >= 4 is 11.9 Å². The van der Waals surface area contributed by atoms with E-state index in [1.807, 2.05) is 24.3 Å². The summed E-state index contributed by atoms with van der Waals surface area (Å²) in [6.07, 6.45) is 0.646. The van der Waals surface area contributed by atoms with Gasteiger partial charge in [0.2, 0.25) is 0 Å². The van der Waals surface area contributed by atoms with E-state index in [9.17, 15) is 9.59 Å². The number of benzene rings is 2. The van der Waals surface area contributed by atoms with Gasteiger partial charge in [0, 0.05) is 12.1 Å². The zero-order chi connectivity index (χ0) is 18.8. The second-order valence-electron chi connectivity index (χ2n) is 5.34. The van der Waals surface area contributed by atoms with Gasteiger partial charge < -0.3 is 24.6 Å². The fourth-order valence-corrected chi connectivity index (χ4v) is 2.11. The first-order valence-corrected chi connectivity index (χ1v) is 8.08. The van der Waals surface area contributed by atoms with Crippen molar-refractivity contribution < 1.29 is 28.9 Å². The molecule has 0 aromatic heterocycles. The van der Waals surface area contributed by atoms with Gasteiger partial charge in [0.15, 0.2) is 6.61 Å². The highest BCUT2D eigenvalue weighted by atomic mass is 16.5. The molecular weight excluding hydrogens is 338 g/mol. The topological polar surface area (TPSA) is 94.1 Å². The van der Waals surface area contributed by atoms with Gasteiger partial charge in [-0.15, -0.1) is 0 Å². The molecule has 0 aliphatic rings. The van der Waals surface area contributed by atoms with Crippen molar-refractivity contribution in [3.05, 3.63) is 54.1 Å². The van der Waals surface area contributed by atoms with E-state index in [4.69, 9.17) is 19.3 Å². The molecule has 0 saturated heterocycles. The van der Waals surface area contributed by atoms with Gasteiger partial charge >= 0.3 is 5.97 Å². The van der Waals surface area contributed by atoms with E-state index >= 15 is 0 Å². The number of carbonyl (C=O) groups excluding carboxylic acids is 1. The monoisotopic (exact) mass is 359 g/mol. The van der Waals surface area contributed by atoms with Crippen LogP contribution in [0.25, 0.3) is 0 Å². The largest absolute Gasteiger partial charge is 0.497 e. The van der Waals surface area contributed by atoms with Crippen molar-refractivity contribution in [2.24, 2.45) is 0 Å². The van der Waals surface area contributed by atoms with Gasteiger partial charge in [-0.3, -0.25) is 4.79 Å². The lowest BCUT2D eigenvalue weighted by Crippen LogP contribution is -2.25. The molecule has 0 spiro atoms. The molecule has 7 nitrogen and oxygen atoms in total. The van der Waals surface area contributed by atoms with Crippen LogP contribution >= 0.6 is 0 Å². The molecular formula is C19H21NO6. The van der Waals surface area contributed by atoms with Gasteiger partial charge in [-0.25, -0.2) is 4.79 Å². The predicted octanol–water partition coefficient (Wildman–Crippen LogP) is 2.36. The minimum absolute atomic E-state index is 0.254. The van der Waals surface area contributed by atoms with Crippen LogP contribution in [-0.2, 0) is 4.79 Å². The fraction of sp³-hybridized carbons (Fsp3) is 0.263. The number of hydrogen-bond donors (Lipinski definition) is 2. The van der Waals surface area contributed by atoms with Gasteiger partial charge in [0.1, 0.15) is 17.2 Å². The molecule has 0 aliphatic heterocycles. The Bertz CT molecular complexity index is 729. The summed E-state index contributed by atoms with van der Waals surface area (Å²) < 4.78 is 15.7. The minimum atomic E-state index is -1.07. The number of methoxy groups -OCH3 is 1. The van der Waals surface area contributed by atoms with Crippen LogP contribution in [0.4, 0.5) is 0 Å². The molecule has 0 radical (unpaired) electrons. The van der Waals surface area contributed by atoms with Crippen LogP contribution < -0.4 is 19.5 Å². The van der Waals surface area contributed by atoms with Crippen molar-refractivity contribution in [2.45, 2.75) is 6.42 Å². The molecule has 1 amide bonds. The molecule has 2 N–H and O–H groups in total. The summed E-state index contributed by atoms with van der Waals surface area (Å²) in [6, 6.07) is 13.7. The third kappa shape index (κ3) is 6.35. The molecule has 0 fully saturated rings. The molecule has 0 atom stereocenters. The third-order valence-corrected chi connectivity index (χ3v) is 3.39. The highest BCUT2D eigenvalue weighted by Crippen LogP contribution is 2.17. The summed E-state index contributed by atoms with van der Waals surface area (Å²) in [6.45, 7) is 0.470. The Hall–Kier alpha value is -3.22. The number of nitrogens with one attached hydrogen (secondary N) is 1. The minimum Gasteiger partial charge on any atom is -0.497 e. The molecule has 7 heteroatoms. The van der Waals surface area contributed by atoms with Crippen LogP contribution in [0, 0.1) is 0 Å². The number of rotatable bonds is 10. The Balaban J connectivity index is 1.71. The molecule has 0 unspecified atom stereocenters. The van der Waals surface area contributed by atoms with E-state index in [1.165, 1.54) is 6.07 Å². The Morgan fingerprint density at radius 1 is 1.00 bits per heavy atom. The van der Waals surface area contributed by atoms with Crippen molar-refractivity contribution in [1.29, 1.82) is 0 Å². The highest BCUT2D eigenvalue weighted by Gasteiger charge is 2.07. The molecule has 0 bridgehead atoms. The summed E-state index contributed by atoms with van der Waals surface area (Å²) in [5.74, 6) is 0.509. The molecule has 138 valence electrons. The lowest BCUT2D eigenvalue weighted by Gasteiger charge is -2.09. The van der Waals surface area contributed by atoms with E-state index in [0.29, 0.717) is 30.9 Å². The highest BCUT2D eigenvalue weighted by molar-refractivity contribution is 5.94. The standard InChI is InChI=1S/C19H21NO6/c1-24-15-6-8-16(9-7-15)25-11-3-10-20-19(23)14-4-2-5-17(12-14)26-13-18(21)22/h2,4-9,12H,3,10-11,13H2,1H3,(H,20,23)(H,21,22). The number of ether oxygens (including phenoxy) is 3. The quantitative estimate of drug-likeness (QED) is 0.633. The first-order valence-electron chi connectivity index (χ1n) is 8.08. The number of hydrogen-bond acceptors (Lipinski definition) is 5. The summed E-state index contributed by atoms with van der Waals surface area (Å²) in [5.41, 5.74) is 0.406. The maximum atomic E-state index is 12.1. The molecule has 0 heterocycles. The molecule has 26 heavy (non-hydrogen) atoms.